The Morgan fingerprint density at radius 2 is 2.06 bits per heavy atom. The van der Waals surface area contributed by atoms with Crippen LogP contribution in [0.1, 0.15) is 31.2 Å². The Morgan fingerprint density at radius 1 is 1.24 bits per heavy atom. The molecule has 1 N–H and O–H groups in total. The summed E-state index contributed by atoms with van der Waals surface area (Å²) in [5.74, 6) is 1.86. The van der Waals surface area contributed by atoms with Gasteiger partial charge in [0.15, 0.2) is 5.05 Å². The van der Waals surface area contributed by atoms with Gasteiger partial charge in [0.2, 0.25) is 0 Å². The normalized spacial score (nSPS) is 30.7. The summed E-state index contributed by atoms with van der Waals surface area (Å²) in [5.41, 5.74) is 0.829. The average Bonchev–Trinajstić information content (AvgIpc) is 2.91. The third-order valence-corrected chi connectivity index (χ3v) is 5.78. The molecule has 3 atom stereocenters. The first kappa shape index (κ1) is 11.5. The maximum absolute atomic E-state index is 9.53. The molecule has 0 amide bonds. The summed E-state index contributed by atoms with van der Waals surface area (Å²) in [4.78, 5) is 1.15. The third kappa shape index (κ3) is 2.23. The number of rotatable bonds is 3. The Hall–Kier alpha value is -0.540. The number of aliphatic hydroxyl groups excluding tert-OH is 1. The van der Waals surface area contributed by atoms with E-state index in [1.165, 1.54) is 25.7 Å². The Kier molecular flexibility index (Phi) is 3.14. The van der Waals surface area contributed by atoms with Gasteiger partial charge in [0.1, 0.15) is 0 Å². The summed E-state index contributed by atoms with van der Waals surface area (Å²) in [7, 11) is 0. The zero-order chi connectivity index (χ0) is 11.8. The van der Waals surface area contributed by atoms with Gasteiger partial charge in [-0.25, -0.2) is 0 Å². The van der Waals surface area contributed by atoms with Gasteiger partial charge in [0.25, 0.3) is 0 Å². The van der Waals surface area contributed by atoms with Gasteiger partial charge in [-0.3, -0.25) is 0 Å². The van der Waals surface area contributed by atoms with E-state index in [0.717, 1.165) is 27.5 Å². The molecular formula is C14H16OS2. The van der Waals surface area contributed by atoms with Gasteiger partial charge in [-0.05, 0) is 55.4 Å². The molecule has 2 aliphatic carbocycles. The van der Waals surface area contributed by atoms with Crippen molar-refractivity contribution >= 4 is 29.0 Å². The largest absolute Gasteiger partial charge is 0.498 e. The van der Waals surface area contributed by atoms with Crippen molar-refractivity contribution in [1.29, 1.82) is 0 Å². The van der Waals surface area contributed by atoms with Gasteiger partial charge in [-0.1, -0.05) is 18.6 Å². The molecule has 1 nitrogen and oxygen atoms in total. The smallest absolute Gasteiger partial charge is 0.189 e. The van der Waals surface area contributed by atoms with Crippen molar-refractivity contribution < 1.29 is 5.11 Å². The topological polar surface area (TPSA) is 20.2 Å². The van der Waals surface area contributed by atoms with Crippen molar-refractivity contribution in [3.05, 3.63) is 29.8 Å². The number of fused-ring (bicyclic) bond motifs is 2. The van der Waals surface area contributed by atoms with E-state index in [0.29, 0.717) is 0 Å². The van der Waals surface area contributed by atoms with Gasteiger partial charge >= 0.3 is 0 Å². The van der Waals surface area contributed by atoms with E-state index in [9.17, 15) is 5.11 Å². The van der Waals surface area contributed by atoms with Crippen molar-refractivity contribution in [2.45, 2.75) is 35.8 Å². The molecule has 0 spiro atoms. The number of hydrogen-bond acceptors (Lipinski definition) is 2. The Labute approximate surface area is 112 Å². The van der Waals surface area contributed by atoms with Crippen LogP contribution in [-0.2, 0) is 0 Å². The molecule has 1 aromatic carbocycles. The quantitative estimate of drug-likeness (QED) is 0.826. The second-order valence-electron chi connectivity index (χ2n) is 5.13. The van der Waals surface area contributed by atoms with Crippen LogP contribution in [0.25, 0.3) is 0 Å². The van der Waals surface area contributed by atoms with E-state index in [-0.39, 0.29) is 5.05 Å². The second kappa shape index (κ2) is 4.62. The van der Waals surface area contributed by atoms with E-state index >= 15 is 0 Å². The van der Waals surface area contributed by atoms with Crippen LogP contribution < -0.4 is 0 Å². The lowest BCUT2D eigenvalue weighted by molar-refractivity contribution is 0.492. The number of thioether (sulfide) groups is 1. The van der Waals surface area contributed by atoms with E-state index in [1.54, 1.807) is 0 Å². The number of benzene rings is 1. The highest BCUT2D eigenvalue weighted by molar-refractivity contribution is 8.00. The van der Waals surface area contributed by atoms with Crippen LogP contribution in [0.3, 0.4) is 0 Å². The molecule has 2 aliphatic rings. The lowest BCUT2D eigenvalue weighted by Gasteiger charge is -2.21. The predicted octanol–water partition coefficient (Wildman–Crippen LogP) is 4.20. The Balaban J connectivity index is 1.79. The molecule has 2 saturated carbocycles. The fourth-order valence-corrected chi connectivity index (χ4v) is 5.07. The van der Waals surface area contributed by atoms with Crippen molar-refractivity contribution in [3.63, 3.8) is 0 Å². The zero-order valence-electron chi connectivity index (χ0n) is 9.63. The van der Waals surface area contributed by atoms with E-state index in [2.05, 4.69) is 6.07 Å². The molecule has 2 fully saturated rings. The standard InChI is InChI=1S/C14H16OS2/c15-14(16)11-3-1-2-4-12(11)17-13-8-9-5-6-10(13)7-9/h1-4,9-10,13H,5-8H2,(H,15,16). The van der Waals surface area contributed by atoms with Gasteiger partial charge in [-0.15, -0.1) is 11.8 Å². The van der Waals surface area contributed by atoms with E-state index in [1.807, 2.05) is 30.0 Å². The molecule has 2 bridgehead atoms. The first-order chi connectivity index (χ1) is 8.24. The van der Waals surface area contributed by atoms with Gasteiger partial charge in [0, 0.05) is 15.7 Å². The minimum absolute atomic E-state index is 0.0243. The summed E-state index contributed by atoms with van der Waals surface area (Å²) in [6, 6.07) is 7.95. The molecule has 3 unspecified atom stereocenters. The van der Waals surface area contributed by atoms with Crippen LogP contribution in [0.5, 0.6) is 0 Å². The molecule has 3 rings (SSSR count). The highest BCUT2D eigenvalue weighted by atomic mass is 32.2. The van der Waals surface area contributed by atoms with Gasteiger partial charge in [-0.2, -0.15) is 0 Å². The summed E-state index contributed by atoms with van der Waals surface area (Å²) in [6.45, 7) is 0. The molecule has 17 heavy (non-hydrogen) atoms. The van der Waals surface area contributed by atoms with Crippen LogP contribution in [0.2, 0.25) is 0 Å². The first-order valence-corrected chi connectivity index (χ1v) is 7.52. The van der Waals surface area contributed by atoms with Crippen molar-refractivity contribution in [1.82, 2.24) is 0 Å². The van der Waals surface area contributed by atoms with Crippen LogP contribution in [-0.4, -0.2) is 15.4 Å². The lowest BCUT2D eigenvalue weighted by atomic mass is 10.0. The van der Waals surface area contributed by atoms with E-state index < -0.39 is 0 Å². The SMILES string of the molecule is OC(=S)c1ccccc1SC1CC2CCC1C2. The van der Waals surface area contributed by atoms with Gasteiger partial charge in [0.05, 0.1) is 0 Å². The molecule has 1 aromatic rings. The van der Waals surface area contributed by atoms with Crippen molar-refractivity contribution in [2.24, 2.45) is 11.8 Å². The molecule has 0 saturated heterocycles. The maximum Gasteiger partial charge on any atom is 0.189 e. The first-order valence-electron chi connectivity index (χ1n) is 6.23. The summed E-state index contributed by atoms with van der Waals surface area (Å²) >= 11 is 6.82. The fourth-order valence-electron chi connectivity index (χ4n) is 3.24. The molecular weight excluding hydrogens is 248 g/mol. The van der Waals surface area contributed by atoms with Crippen LogP contribution in [0.15, 0.2) is 29.2 Å². The highest BCUT2D eigenvalue weighted by Gasteiger charge is 2.40. The molecule has 0 aromatic heterocycles. The van der Waals surface area contributed by atoms with Gasteiger partial charge < -0.3 is 5.11 Å². The molecule has 0 radical (unpaired) electrons. The lowest BCUT2D eigenvalue weighted by Crippen LogP contribution is -2.13. The summed E-state index contributed by atoms with van der Waals surface area (Å²) < 4.78 is 0. The Morgan fingerprint density at radius 3 is 2.71 bits per heavy atom. The third-order valence-electron chi connectivity index (χ3n) is 4.07. The van der Waals surface area contributed by atoms with Crippen LogP contribution in [0, 0.1) is 11.8 Å². The molecule has 90 valence electrons. The predicted molar refractivity (Wildman–Crippen MR) is 75.9 cm³/mol. The van der Waals surface area contributed by atoms with Crippen LogP contribution in [0.4, 0.5) is 0 Å². The minimum atomic E-state index is 0.0243. The number of hydrogen-bond donors (Lipinski definition) is 1. The summed E-state index contributed by atoms with van der Waals surface area (Å²) in [5, 5.41) is 10.3. The van der Waals surface area contributed by atoms with Crippen molar-refractivity contribution in [3.8, 4) is 0 Å². The summed E-state index contributed by atoms with van der Waals surface area (Å²) in [6.07, 6.45) is 5.60. The zero-order valence-corrected chi connectivity index (χ0v) is 11.3. The molecule has 0 aliphatic heterocycles. The minimum Gasteiger partial charge on any atom is -0.498 e. The Bertz CT molecular complexity index is 444. The monoisotopic (exact) mass is 264 g/mol. The molecule has 0 heterocycles. The number of thiocarbonyl (C=S) groups is 1. The van der Waals surface area contributed by atoms with Crippen LogP contribution >= 0.6 is 24.0 Å². The number of aliphatic hydroxyl groups is 1. The fraction of sp³-hybridized carbons (Fsp3) is 0.500. The molecule has 3 heteroatoms. The second-order valence-corrected chi connectivity index (χ2v) is 6.80. The average molecular weight is 264 g/mol. The van der Waals surface area contributed by atoms with E-state index in [4.69, 9.17) is 12.2 Å². The maximum atomic E-state index is 9.53. The highest BCUT2D eigenvalue weighted by Crippen LogP contribution is 2.51. The van der Waals surface area contributed by atoms with Crippen molar-refractivity contribution in [2.75, 3.05) is 0 Å².